The SMILES string of the molecule is COC(=O)C12CCC(CN(Cc3ccccc3)C1)N2S(=O)(=O)c1cc(F)c(Oc2ccc(Cl)cc2)c(F)c1. The molecule has 2 aliphatic rings. The van der Waals surface area contributed by atoms with Gasteiger partial charge in [-0.25, -0.2) is 22.0 Å². The standard InChI is InChI=1S/C27H25ClF2N2O5S/c1-36-26(33)27-12-11-20(16-31(17-27)15-18-5-3-2-4-6-18)32(27)38(34,35)22-13-23(29)25(24(30)14-22)37-21-9-7-19(28)8-10-21/h2-10,13-14,20H,11-12,15-17H2,1H3. The van der Waals surface area contributed by atoms with Gasteiger partial charge in [0.1, 0.15) is 11.3 Å². The van der Waals surface area contributed by atoms with Crippen LogP contribution in [0.15, 0.2) is 71.6 Å². The summed E-state index contributed by atoms with van der Waals surface area (Å²) in [6.45, 7) is 0.965. The van der Waals surface area contributed by atoms with Gasteiger partial charge in [0.15, 0.2) is 17.4 Å². The van der Waals surface area contributed by atoms with Gasteiger partial charge in [0.2, 0.25) is 10.0 Å². The molecule has 2 aliphatic heterocycles. The van der Waals surface area contributed by atoms with Crippen LogP contribution in [0.3, 0.4) is 0 Å². The zero-order chi connectivity index (χ0) is 27.1. The number of benzene rings is 3. The molecule has 0 spiro atoms. The van der Waals surface area contributed by atoms with Crippen molar-refractivity contribution >= 4 is 27.6 Å². The molecular weight excluding hydrogens is 538 g/mol. The van der Waals surface area contributed by atoms with Crippen LogP contribution in [0, 0.1) is 11.6 Å². The summed E-state index contributed by atoms with van der Waals surface area (Å²) in [5, 5.41) is 0.415. The van der Waals surface area contributed by atoms with E-state index in [1.165, 1.54) is 31.4 Å². The molecule has 2 atom stereocenters. The molecule has 0 saturated carbocycles. The second-order valence-corrected chi connectivity index (χ2v) is 11.7. The Balaban J connectivity index is 1.47. The van der Waals surface area contributed by atoms with Crippen molar-refractivity contribution in [1.29, 1.82) is 0 Å². The van der Waals surface area contributed by atoms with Crippen molar-refractivity contribution in [1.82, 2.24) is 9.21 Å². The lowest BCUT2D eigenvalue weighted by Gasteiger charge is -2.46. The van der Waals surface area contributed by atoms with E-state index in [1.807, 2.05) is 35.2 Å². The summed E-state index contributed by atoms with van der Waals surface area (Å²) in [5.41, 5.74) is -0.500. The summed E-state index contributed by atoms with van der Waals surface area (Å²) in [4.78, 5) is 14.5. The maximum Gasteiger partial charge on any atom is 0.328 e. The molecule has 3 aromatic rings. The normalized spacial score (nSPS) is 21.8. The number of sulfonamides is 1. The van der Waals surface area contributed by atoms with E-state index < -0.39 is 49.9 Å². The minimum atomic E-state index is -4.50. The molecule has 0 amide bonds. The van der Waals surface area contributed by atoms with Gasteiger partial charge in [0.05, 0.1) is 12.0 Å². The third-order valence-corrected chi connectivity index (χ3v) is 9.22. The Morgan fingerprint density at radius 1 is 1.08 bits per heavy atom. The molecule has 2 unspecified atom stereocenters. The zero-order valence-electron chi connectivity index (χ0n) is 20.4. The number of rotatable bonds is 7. The molecule has 3 aromatic carbocycles. The quantitative estimate of drug-likeness (QED) is 0.378. The average molecular weight is 563 g/mol. The number of halogens is 3. The molecule has 0 N–H and O–H groups in total. The summed E-state index contributed by atoms with van der Waals surface area (Å²) in [7, 11) is -3.29. The molecule has 5 rings (SSSR count). The smallest absolute Gasteiger partial charge is 0.328 e. The van der Waals surface area contributed by atoms with Gasteiger partial charge < -0.3 is 9.47 Å². The van der Waals surface area contributed by atoms with Crippen molar-refractivity contribution in [3.05, 3.63) is 89.0 Å². The highest BCUT2D eigenvalue weighted by molar-refractivity contribution is 7.89. The highest BCUT2D eigenvalue weighted by atomic mass is 35.5. The first-order chi connectivity index (χ1) is 18.1. The maximum absolute atomic E-state index is 15.0. The maximum atomic E-state index is 15.0. The second-order valence-electron chi connectivity index (χ2n) is 9.44. The summed E-state index contributed by atoms with van der Waals surface area (Å²) >= 11 is 5.83. The van der Waals surface area contributed by atoms with E-state index in [9.17, 15) is 13.2 Å². The molecule has 11 heteroatoms. The predicted octanol–water partition coefficient (Wildman–Crippen LogP) is 4.99. The van der Waals surface area contributed by atoms with Gasteiger partial charge in [-0.3, -0.25) is 4.90 Å². The topological polar surface area (TPSA) is 76.2 Å². The fourth-order valence-corrected chi connectivity index (χ4v) is 7.49. The predicted molar refractivity (Wildman–Crippen MR) is 136 cm³/mol. The van der Waals surface area contributed by atoms with Gasteiger partial charge in [-0.2, -0.15) is 4.31 Å². The number of esters is 1. The third-order valence-electron chi connectivity index (χ3n) is 6.98. The van der Waals surface area contributed by atoms with E-state index in [0.29, 0.717) is 36.7 Å². The lowest BCUT2D eigenvalue weighted by Crippen LogP contribution is -2.66. The number of hydrogen-bond donors (Lipinski definition) is 0. The van der Waals surface area contributed by atoms with Crippen LogP contribution < -0.4 is 4.74 Å². The number of nitrogens with zero attached hydrogens (tertiary/aromatic N) is 2. The summed E-state index contributed by atoms with van der Waals surface area (Å²) in [6.07, 6.45) is 0.639. The number of fused-ring (bicyclic) bond motifs is 2. The average Bonchev–Trinajstić information content (AvgIpc) is 3.16. The van der Waals surface area contributed by atoms with Crippen LogP contribution >= 0.6 is 11.6 Å². The van der Waals surface area contributed by atoms with Crippen LogP contribution in [0.5, 0.6) is 11.5 Å². The van der Waals surface area contributed by atoms with Gasteiger partial charge >= 0.3 is 5.97 Å². The molecule has 7 nitrogen and oxygen atoms in total. The van der Waals surface area contributed by atoms with Gasteiger partial charge in [0.25, 0.3) is 0 Å². The number of methoxy groups -OCH3 is 1. The second kappa shape index (κ2) is 10.3. The van der Waals surface area contributed by atoms with E-state index in [-0.39, 0.29) is 18.7 Å². The number of carbonyl (C=O) groups excluding carboxylic acids is 1. The van der Waals surface area contributed by atoms with Crippen molar-refractivity contribution in [2.75, 3.05) is 20.2 Å². The fraction of sp³-hybridized carbons (Fsp3) is 0.296. The third kappa shape index (κ3) is 4.77. The van der Waals surface area contributed by atoms with Crippen LogP contribution in [0.25, 0.3) is 0 Å². The molecule has 0 aliphatic carbocycles. The van der Waals surface area contributed by atoms with Crippen molar-refractivity contribution in [3.8, 4) is 11.5 Å². The zero-order valence-corrected chi connectivity index (χ0v) is 22.0. The Morgan fingerprint density at radius 3 is 2.37 bits per heavy atom. The molecule has 38 heavy (non-hydrogen) atoms. The lowest BCUT2D eigenvalue weighted by atomic mass is 9.96. The molecule has 2 saturated heterocycles. The molecule has 2 bridgehead atoms. The molecule has 0 aromatic heterocycles. The van der Waals surface area contributed by atoms with Gasteiger partial charge in [-0.1, -0.05) is 41.9 Å². The highest BCUT2D eigenvalue weighted by Gasteiger charge is 2.61. The van der Waals surface area contributed by atoms with Crippen molar-refractivity contribution in [2.24, 2.45) is 0 Å². The summed E-state index contributed by atoms with van der Waals surface area (Å²) in [5.74, 6) is -3.71. The largest absolute Gasteiger partial charge is 0.468 e. The van der Waals surface area contributed by atoms with E-state index in [1.54, 1.807) is 0 Å². The summed E-state index contributed by atoms with van der Waals surface area (Å²) < 4.78 is 69.3. The number of likely N-dealkylation sites (tertiary alicyclic amines) is 1. The van der Waals surface area contributed by atoms with Crippen LogP contribution in [0.2, 0.25) is 5.02 Å². The fourth-order valence-electron chi connectivity index (χ4n) is 5.38. The first kappa shape index (κ1) is 26.6. The van der Waals surface area contributed by atoms with E-state index in [2.05, 4.69) is 0 Å². The Morgan fingerprint density at radius 2 is 1.74 bits per heavy atom. The Hall–Kier alpha value is -3.05. The Kier molecular flexibility index (Phi) is 7.17. The van der Waals surface area contributed by atoms with Crippen LogP contribution in [-0.2, 0) is 26.1 Å². The van der Waals surface area contributed by atoms with Crippen molar-refractivity contribution in [2.45, 2.75) is 35.9 Å². The molecule has 0 radical (unpaired) electrons. The first-order valence-corrected chi connectivity index (χ1v) is 13.8. The van der Waals surface area contributed by atoms with Gasteiger partial charge in [-0.15, -0.1) is 0 Å². The van der Waals surface area contributed by atoms with Gasteiger partial charge in [0, 0.05) is 30.7 Å². The van der Waals surface area contributed by atoms with Crippen LogP contribution in [-0.4, -0.2) is 55.4 Å². The van der Waals surface area contributed by atoms with E-state index in [4.69, 9.17) is 21.1 Å². The van der Waals surface area contributed by atoms with Crippen molar-refractivity contribution < 1.29 is 31.5 Å². The number of hydrogen-bond acceptors (Lipinski definition) is 6. The van der Waals surface area contributed by atoms with Crippen molar-refractivity contribution in [3.63, 3.8) is 0 Å². The summed E-state index contributed by atoms with van der Waals surface area (Å²) in [6, 6.07) is 16.3. The molecular formula is C27H25ClF2N2O5S. The van der Waals surface area contributed by atoms with Crippen LogP contribution in [0.1, 0.15) is 18.4 Å². The van der Waals surface area contributed by atoms with Crippen LogP contribution in [0.4, 0.5) is 8.78 Å². The minimum Gasteiger partial charge on any atom is -0.468 e. The minimum absolute atomic E-state index is 0.0903. The van der Waals surface area contributed by atoms with E-state index in [0.717, 1.165) is 9.87 Å². The molecule has 2 fully saturated rings. The van der Waals surface area contributed by atoms with E-state index >= 15 is 8.78 Å². The first-order valence-electron chi connectivity index (χ1n) is 12.0. The lowest BCUT2D eigenvalue weighted by molar-refractivity contribution is -0.154. The van der Waals surface area contributed by atoms with Gasteiger partial charge in [-0.05, 0) is 54.8 Å². The Labute approximate surface area is 224 Å². The highest BCUT2D eigenvalue weighted by Crippen LogP contribution is 2.45. The Bertz CT molecular complexity index is 1430. The molecule has 200 valence electrons. The number of ether oxygens (including phenoxy) is 2. The number of carbonyl (C=O) groups is 1. The monoisotopic (exact) mass is 562 g/mol. The molecule has 2 heterocycles. The number of piperazine rings is 1.